The number of aliphatic imine (C=N–C) groups is 1. The van der Waals surface area contributed by atoms with Gasteiger partial charge < -0.3 is 10.6 Å². The van der Waals surface area contributed by atoms with Crippen LogP contribution in [0, 0.1) is 15.9 Å². The summed E-state index contributed by atoms with van der Waals surface area (Å²) in [4.78, 5) is 15.2. The summed E-state index contributed by atoms with van der Waals surface area (Å²) >= 11 is 1.63. The molecule has 0 heterocycles. The fourth-order valence-corrected chi connectivity index (χ4v) is 3.14. The fraction of sp³-hybridized carbons (Fsp3) is 0.316. The van der Waals surface area contributed by atoms with E-state index in [-0.39, 0.29) is 18.0 Å². The number of nitrogens with one attached hydrogen (secondary N) is 2. The zero-order valence-corrected chi connectivity index (χ0v) is 16.2. The van der Waals surface area contributed by atoms with Gasteiger partial charge in [0, 0.05) is 24.9 Å². The predicted octanol–water partition coefficient (Wildman–Crippen LogP) is 3.85. The zero-order chi connectivity index (χ0) is 19.6. The van der Waals surface area contributed by atoms with Gasteiger partial charge in [0.05, 0.1) is 17.0 Å². The molecule has 0 saturated heterocycles. The molecule has 2 rings (SSSR count). The van der Waals surface area contributed by atoms with Crippen LogP contribution in [0.15, 0.2) is 47.5 Å². The minimum absolute atomic E-state index is 0.0536. The first kappa shape index (κ1) is 20.7. The lowest BCUT2D eigenvalue weighted by atomic mass is 10.1. The molecule has 0 unspecified atom stereocenters. The number of guanidine groups is 1. The van der Waals surface area contributed by atoms with Crippen LogP contribution in [0.25, 0.3) is 0 Å². The zero-order valence-electron chi connectivity index (χ0n) is 15.4. The number of halogens is 1. The van der Waals surface area contributed by atoms with Gasteiger partial charge >= 0.3 is 0 Å². The highest BCUT2D eigenvalue weighted by Crippen LogP contribution is 2.19. The predicted molar refractivity (Wildman–Crippen MR) is 108 cm³/mol. The van der Waals surface area contributed by atoms with E-state index in [0.717, 1.165) is 16.9 Å². The van der Waals surface area contributed by atoms with Crippen molar-refractivity contribution in [2.75, 3.05) is 12.8 Å². The second kappa shape index (κ2) is 10.5. The highest BCUT2D eigenvalue weighted by molar-refractivity contribution is 7.97. The maximum absolute atomic E-state index is 13.5. The third-order valence-corrected chi connectivity index (χ3v) is 4.45. The molecule has 27 heavy (non-hydrogen) atoms. The van der Waals surface area contributed by atoms with Crippen molar-refractivity contribution in [1.29, 1.82) is 0 Å². The molecule has 0 aliphatic carbocycles. The van der Waals surface area contributed by atoms with E-state index in [1.807, 2.05) is 13.2 Å². The molecule has 0 fully saturated rings. The van der Waals surface area contributed by atoms with Crippen molar-refractivity contribution in [1.82, 2.24) is 10.6 Å². The smallest absolute Gasteiger partial charge is 0.274 e. The van der Waals surface area contributed by atoms with E-state index in [4.69, 9.17) is 0 Å². The van der Waals surface area contributed by atoms with Crippen molar-refractivity contribution in [2.45, 2.75) is 25.8 Å². The van der Waals surface area contributed by atoms with Gasteiger partial charge in [0.15, 0.2) is 5.96 Å². The minimum atomic E-state index is -0.404. The van der Waals surface area contributed by atoms with Crippen LogP contribution in [0.3, 0.4) is 0 Å². The maximum atomic E-state index is 13.5. The molecular weight excluding hydrogens is 367 g/mol. The standard InChI is InChI=1S/C19H23FN4O2S/c1-3-21-19(23-12-15-6-4-5-7-18(15)24(25)26)22-11-14-8-9-17(20)10-16(14)13-27-2/h4-10H,3,11-13H2,1-2H3,(H2,21,22,23). The lowest BCUT2D eigenvalue weighted by Gasteiger charge is -2.14. The molecule has 0 bridgehead atoms. The molecule has 2 aromatic rings. The molecule has 6 nitrogen and oxygen atoms in total. The topological polar surface area (TPSA) is 79.6 Å². The van der Waals surface area contributed by atoms with E-state index >= 15 is 0 Å². The maximum Gasteiger partial charge on any atom is 0.274 e. The van der Waals surface area contributed by atoms with Crippen LogP contribution in [-0.2, 0) is 18.8 Å². The Labute approximate surface area is 162 Å². The molecule has 0 radical (unpaired) electrons. The van der Waals surface area contributed by atoms with Gasteiger partial charge in [-0.1, -0.05) is 24.3 Å². The van der Waals surface area contributed by atoms with Crippen molar-refractivity contribution in [3.05, 3.63) is 75.1 Å². The Hall–Kier alpha value is -2.61. The van der Waals surface area contributed by atoms with Crippen molar-refractivity contribution in [3.8, 4) is 0 Å². The molecule has 8 heteroatoms. The van der Waals surface area contributed by atoms with Crippen molar-refractivity contribution in [3.63, 3.8) is 0 Å². The monoisotopic (exact) mass is 390 g/mol. The normalized spacial score (nSPS) is 11.3. The van der Waals surface area contributed by atoms with Crippen molar-refractivity contribution >= 4 is 23.4 Å². The Balaban J connectivity index is 2.12. The van der Waals surface area contributed by atoms with Gasteiger partial charge in [0.2, 0.25) is 0 Å². The number of benzene rings is 2. The molecule has 0 saturated carbocycles. The molecule has 0 aliphatic rings. The number of rotatable bonds is 8. The first-order valence-electron chi connectivity index (χ1n) is 8.55. The van der Waals surface area contributed by atoms with Gasteiger partial charge in [-0.2, -0.15) is 11.8 Å². The summed E-state index contributed by atoms with van der Waals surface area (Å²) < 4.78 is 13.5. The summed E-state index contributed by atoms with van der Waals surface area (Å²) in [6, 6.07) is 11.3. The highest BCUT2D eigenvalue weighted by Gasteiger charge is 2.12. The van der Waals surface area contributed by atoms with Crippen LogP contribution >= 0.6 is 11.8 Å². The van der Waals surface area contributed by atoms with E-state index in [9.17, 15) is 14.5 Å². The number of nitro benzene ring substituents is 1. The second-order valence-electron chi connectivity index (χ2n) is 5.78. The average molecular weight is 390 g/mol. The summed E-state index contributed by atoms with van der Waals surface area (Å²) in [5.41, 5.74) is 2.52. The quantitative estimate of drug-likeness (QED) is 0.310. The highest BCUT2D eigenvalue weighted by atomic mass is 32.2. The number of hydrogen-bond acceptors (Lipinski definition) is 4. The molecule has 2 N–H and O–H groups in total. The Bertz CT molecular complexity index is 814. The summed E-state index contributed by atoms with van der Waals surface area (Å²) in [5.74, 6) is 1.02. The number of nitro groups is 1. The fourth-order valence-electron chi connectivity index (χ4n) is 2.56. The Morgan fingerprint density at radius 1 is 1.19 bits per heavy atom. The van der Waals surface area contributed by atoms with Crippen molar-refractivity contribution in [2.24, 2.45) is 4.99 Å². The molecule has 0 atom stereocenters. The van der Waals surface area contributed by atoms with Gasteiger partial charge in [-0.3, -0.25) is 10.1 Å². The molecule has 0 spiro atoms. The lowest BCUT2D eigenvalue weighted by molar-refractivity contribution is -0.385. The van der Waals surface area contributed by atoms with Gasteiger partial charge in [0.25, 0.3) is 5.69 Å². The van der Waals surface area contributed by atoms with Gasteiger partial charge in [0.1, 0.15) is 5.82 Å². The van der Waals surface area contributed by atoms with Crippen LogP contribution in [-0.4, -0.2) is 23.7 Å². The average Bonchev–Trinajstić information content (AvgIpc) is 2.65. The summed E-state index contributed by atoms with van der Waals surface area (Å²) in [6.07, 6.45) is 1.97. The second-order valence-corrected chi connectivity index (χ2v) is 6.65. The van der Waals surface area contributed by atoms with Crippen molar-refractivity contribution < 1.29 is 9.31 Å². The van der Waals surface area contributed by atoms with Crippen LogP contribution in [0.1, 0.15) is 23.6 Å². The third-order valence-electron chi connectivity index (χ3n) is 3.85. The van der Waals surface area contributed by atoms with Crippen LogP contribution in [0.5, 0.6) is 0 Å². The first-order valence-corrected chi connectivity index (χ1v) is 9.95. The van der Waals surface area contributed by atoms with Crippen LogP contribution < -0.4 is 10.6 Å². The number of nitrogens with zero attached hydrogens (tertiary/aromatic N) is 2. The third kappa shape index (κ3) is 6.25. The van der Waals surface area contributed by atoms with E-state index in [1.165, 1.54) is 12.1 Å². The SMILES string of the molecule is CCNC(=NCc1ccccc1[N+](=O)[O-])NCc1ccc(F)cc1CSC. The van der Waals surface area contributed by atoms with E-state index in [1.54, 1.807) is 42.1 Å². The van der Waals surface area contributed by atoms with Crippen LogP contribution in [0.2, 0.25) is 0 Å². The molecular formula is C19H23FN4O2S. The minimum Gasteiger partial charge on any atom is -0.357 e. The molecule has 0 amide bonds. The lowest BCUT2D eigenvalue weighted by Crippen LogP contribution is -2.37. The molecule has 0 aliphatic heterocycles. The summed E-state index contributed by atoms with van der Waals surface area (Å²) in [6.45, 7) is 3.27. The Kier molecular flexibility index (Phi) is 8.06. The largest absolute Gasteiger partial charge is 0.357 e. The summed E-state index contributed by atoms with van der Waals surface area (Å²) in [7, 11) is 0. The molecule has 2 aromatic carbocycles. The van der Waals surface area contributed by atoms with Gasteiger partial charge in [-0.15, -0.1) is 0 Å². The summed E-state index contributed by atoms with van der Waals surface area (Å²) in [5, 5.41) is 17.5. The Morgan fingerprint density at radius 2 is 1.96 bits per heavy atom. The van der Waals surface area contributed by atoms with E-state index < -0.39 is 4.92 Å². The molecule has 144 valence electrons. The van der Waals surface area contributed by atoms with E-state index in [0.29, 0.717) is 24.6 Å². The number of para-hydroxylation sites is 1. The van der Waals surface area contributed by atoms with Gasteiger partial charge in [-0.05, 0) is 36.4 Å². The van der Waals surface area contributed by atoms with Crippen LogP contribution in [0.4, 0.5) is 10.1 Å². The van der Waals surface area contributed by atoms with E-state index in [2.05, 4.69) is 15.6 Å². The first-order chi connectivity index (χ1) is 13.0. The van der Waals surface area contributed by atoms with Gasteiger partial charge in [-0.25, -0.2) is 9.38 Å². The number of thioether (sulfide) groups is 1. The number of hydrogen-bond donors (Lipinski definition) is 2. The Morgan fingerprint density at radius 3 is 2.67 bits per heavy atom. The molecule has 0 aromatic heterocycles.